The molecule has 0 bridgehead atoms. The van der Waals surface area contributed by atoms with E-state index in [0.29, 0.717) is 18.1 Å². The van der Waals surface area contributed by atoms with Crippen molar-refractivity contribution in [3.63, 3.8) is 0 Å². The minimum Gasteiger partial charge on any atom is -0.493 e. The minimum absolute atomic E-state index is 0.164. The molecule has 1 saturated carbocycles. The van der Waals surface area contributed by atoms with Crippen molar-refractivity contribution in [3.05, 3.63) is 59.7 Å². The average molecular weight is 503 g/mol. The predicted molar refractivity (Wildman–Crippen MR) is 142 cm³/mol. The summed E-state index contributed by atoms with van der Waals surface area (Å²) in [7, 11) is 1.63. The number of hydrogen-bond donors (Lipinski definition) is 2. The molecule has 1 fully saturated rings. The molecule has 8 nitrogen and oxygen atoms in total. The van der Waals surface area contributed by atoms with E-state index in [0.717, 1.165) is 24.0 Å². The van der Waals surface area contributed by atoms with Crippen molar-refractivity contribution in [2.24, 2.45) is 4.99 Å². The lowest BCUT2D eigenvalue weighted by molar-refractivity contribution is -0.142. The van der Waals surface area contributed by atoms with Crippen LogP contribution in [0.1, 0.15) is 56.1 Å². The van der Waals surface area contributed by atoms with Gasteiger partial charge in [-0.1, -0.05) is 36.1 Å². The fourth-order valence-corrected chi connectivity index (χ4v) is 4.01. The van der Waals surface area contributed by atoms with E-state index in [9.17, 15) is 4.79 Å². The van der Waals surface area contributed by atoms with E-state index in [4.69, 9.17) is 19.5 Å². The van der Waals surface area contributed by atoms with Gasteiger partial charge in [0, 0.05) is 12.1 Å². The molecule has 0 heterocycles. The first-order valence-electron chi connectivity index (χ1n) is 12.6. The Morgan fingerprint density at radius 1 is 1.16 bits per heavy atom. The maximum Gasteiger partial charge on any atom is 0.307 e. The van der Waals surface area contributed by atoms with Crippen LogP contribution in [0.4, 0.5) is 0 Å². The van der Waals surface area contributed by atoms with Crippen LogP contribution in [0.2, 0.25) is 0 Å². The smallest absolute Gasteiger partial charge is 0.307 e. The van der Waals surface area contributed by atoms with E-state index in [-0.39, 0.29) is 43.5 Å². The Morgan fingerprint density at radius 3 is 2.65 bits per heavy atom. The van der Waals surface area contributed by atoms with Crippen LogP contribution < -0.4 is 20.1 Å². The molecule has 3 rings (SSSR count). The second kappa shape index (κ2) is 15.1. The lowest BCUT2D eigenvalue weighted by atomic mass is 9.98. The molecule has 1 aliphatic carbocycles. The molecule has 2 N–H and O–H groups in total. The molecule has 194 valence electrons. The third-order valence-corrected chi connectivity index (χ3v) is 5.88. The monoisotopic (exact) mass is 502 g/mol. The summed E-state index contributed by atoms with van der Waals surface area (Å²) >= 11 is 0. The number of nitrogens with one attached hydrogen (secondary N) is 2. The highest BCUT2D eigenvalue weighted by Gasteiger charge is 2.20. The molecular formula is C29H34N4O4. The zero-order valence-electron chi connectivity index (χ0n) is 21.5. The number of benzene rings is 2. The van der Waals surface area contributed by atoms with Crippen LogP contribution in [-0.2, 0) is 9.53 Å². The van der Waals surface area contributed by atoms with E-state index in [1.54, 1.807) is 14.0 Å². The molecule has 2 aromatic rings. The van der Waals surface area contributed by atoms with Crippen LogP contribution in [0, 0.1) is 23.3 Å². The predicted octanol–water partition coefficient (Wildman–Crippen LogP) is 4.12. The van der Waals surface area contributed by atoms with Crippen molar-refractivity contribution in [3.8, 4) is 29.5 Å². The van der Waals surface area contributed by atoms with Crippen LogP contribution in [-0.4, -0.2) is 44.8 Å². The second-order valence-corrected chi connectivity index (χ2v) is 8.53. The number of esters is 1. The van der Waals surface area contributed by atoms with Crippen molar-refractivity contribution >= 4 is 11.9 Å². The van der Waals surface area contributed by atoms with E-state index in [2.05, 4.69) is 27.5 Å². The Hall–Kier alpha value is -4.17. The molecule has 8 heteroatoms. The highest BCUT2D eigenvalue weighted by Crippen LogP contribution is 2.34. The number of guanidine groups is 1. The quantitative estimate of drug-likeness (QED) is 0.126. The standard InChI is InChI=1S/C29H34N4O4/c1-3-36-28(34)17-18-31-29(33-21-30)32-20-24(14-13-22-9-5-4-6-10-22)23-15-16-26(35-2)27(19-23)37-25-11-7-8-12-25/h4-6,9-10,15-16,19,24-25H,3,7-8,11-12,17-18,20H2,1-2H3,(H2,31,32,33). The Bertz CT molecular complexity index is 1140. The lowest BCUT2D eigenvalue weighted by Gasteiger charge is -2.18. The van der Waals surface area contributed by atoms with Gasteiger partial charge in [-0.2, -0.15) is 5.26 Å². The summed E-state index contributed by atoms with van der Waals surface area (Å²) in [5.41, 5.74) is 1.83. The topological polar surface area (TPSA) is 105 Å². The first-order chi connectivity index (χ1) is 18.1. The number of hydrogen-bond acceptors (Lipinski definition) is 6. The molecule has 0 spiro atoms. The summed E-state index contributed by atoms with van der Waals surface area (Å²) in [6, 6.07) is 15.6. The summed E-state index contributed by atoms with van der Waals surface area (Å²) in [6.07, 6.45) is 6.65. The lowest BCUT2D eigenvalue weighted by Crippen LogP contribution is -2.36. The molecule has 1 aliphatic rings. The van der Waals surface area contributed by atoms with Gasteiger partial charge in [-0.15, -0.1) is 0 Å². The summed E-state index contributed by atoms with van der Waals surface area (Å²) in [5, 5.41) is 14.7. The fourth-order valence-electron chi connectivity index (χ4n) is 4.01. The zero-order valence-corrected chi connectivity index (χ0v) is 21.5. The molecule has 37 heavy (non-hydrogen) atoms. The fraction of sp³-hybridized carbons (Fsp3) is 0.414. The Kier molecular flexibility index (Phi) is 11.2. The number of methoxy groups -OCH3 is 1. The van der Waals surface area contributed by atoms with Crippen LogP contribution in [0.5, 0.6) is 11.5 Å². The third kappa shape index (κ3) is 9.09. The van der Waals surface area contributed by atoms with Gasteiger partial charge in [0.05, 0.1) is 38.7 Å². The molecule has 0 aliphatic heterocycles. The summed E-state index contributed by atoms with van der Waals surface area (Å²) in [5.74, 6) is 7.63. The van der Waals surface area contributed by atoms with Crippen LogP contribution in [0.25, 0.3) is 0 Å². The third-order valence-electron chi connectivity index (χ3n) is 5.88. The molecular weight excluding hydrogens is 468 g/mol. The molecule has 2 aromatic carbocycles. The number of aliphatic imine (C=N–C) groups is 1. The van der Waals surface area contributed by atoms with E-state index in [1.807, 2.05) is 54.7 Å². The Morgan fingerprint density at radius 2 is 1.95 bits per heavy atom. The number of carbonyl (C=O) groups excluding carboxylic acids is 1. The van der Waals surface area contributed by atoms with Crippen molar-refractivity contribution < 1.29 is 19.0 Å². The molecule has 1 atom stereocenters. The highest BCUT2D eigenvalue weighted by atomic mass is 16.5. The van der Waals surface area contributed by atoms with Gasteiger partial charge < -0.3 is 19.5 Å². The number of rotatable bonds is 10. The van der Waals surface area contributed by atoms with Gasteiger partial charge in [0.25, 0.3) is 0 Å². The van der Waals surface area contributed by atoms with Crippen molar-refractivity contribution in [2.75, 3.05) is 26.8 Å². The van der Waals surface area contributed by atoms with Gasteiger partial charge in [0.2, 0.25) is 5.96 Å². The molecule has 1 unspecified atom stereocenters. The SMILES string of the molecule is CCOC(=O)CCNC(=NCC(C#Cc1ccccc1)c1ccc(OC)c(OC2CCCC2)c1)NC#N. The number of carbonyl (C=O) groups is 1. The summed E-state index contributed by atoms with van der Waals surface area (Å²) in [6.45, 7) is 2.65. The van der Waals surface area contributed by atoms with Crippen molar-refractivity contribution in [2.45, 2.75) is 51.0 Å². The number of ether oxygens (including phenoxy) is 3. The number of nitrogens with zero attached hydrogens (tertiary/aromatic N) is 2. The summed E-state index contributed by atoms with van der Waals surface area (Å²) < 4.78 is 16.8. The average Bonchev–Trinajstić information content (AvgIpc) is 3.42. The highest BCUT2D eigenvalue weighted by molar-refractivity contribution is 5.81. The second-order valence-electron chi connectivity index (χ2n) is 8.53. The molecule has 0 radical (unpaired) electrons. The van der Waals surface area contributed by atoms with Gasteiger partial charge in [0.15, 0.2) is 17.7 Å². The van der Waals surface area contributed by atoms with Gasteiger partial charge in [0.1, 0.15) is 0 Å². The van der Waals surface area contributed by atoms with E-state index in [1.165, 1.54) is 12.8 Å². The Labute approximate surface area is 219 Å². The zero-order chi connectivity index (χ0) is 26.3. The van der Waals surface area contributed by atoms with E-state index >= 15 is 0 Å². The van der Waals surface area contributed by atoms with Crippen LogP contribution in [0.15, 0.2) is 53.5 Å². The van der Waals surface area contributed by atoms with Gasteiger partial charge in [-0.25, -0.2) is 0 Å². The van der Waals surface area contributed by atoms with Crippen LogP contribution >= 0.6 is 0 Å². The molecule has 0 amide bonds. The van der Waals surface area contributed by atoms with Gasteiger partial charge in [-0.3, -0.25) is 15.1 Å². The molecule has 0 aromatic heterocycles. The van der Waals surface area contributed by atoms with Crippen LogP contribution in [0.3, 0.4) is 0 Å². The summed E-state index contributed by atoms with van der Waals surface area (Å²) in [4.78, 5) is 16.2. The van der Waals surface area contributed by atoms with Crippen molar-refractivity contribution in [1.82, 2.24) is 10.6 Å². The Balaban J connectivity index is 1.84. The normalized spacial score (nSPS) is 14.0. The van der Waals surface area contributed by atoms with Gasteiger partial charge >= 0.3 is 5.97 Å². The molecule has 0 saturated heterocycles. The van der Waals surface area contributed by atoms with Gasteiger partial charge in [-0.05, 0) is 62.4 Å². The maximum atomic E-state index is 11.6. The number of nitriles is 1. The maximum absolute atomic E-state index is 11.6. The first kappa shape index (κ1) is 27.4. The first-order valence-corrected chi connectivity index (χ1v) is 12.6. The largest absolute Gasteiger partial charge is 0.493 e. The minimum atomic E-state index is -0.314. The van der Waals surface area contributed by atoms with E-state index < -0.39 is 0 Å². The van der Waals surface area contributed by atoms with Crippen molar-refractivity contribution in [1.29, 1.82) is 5.26 Å².